The number of hydrogen-bond donors (Lipinski definition) is 1. The third kappa shape index (κ3) is 4.04. The molecule has 2 aromatic carbocycles. The molecule has 0 heterocycles. The molecule has 2 aromatic rings. The summed E-state index contributed by atoms with van der Waals surface area (Å²) in [4.78, 5) is 16.4. The maximum absolute atomic E-state index is 11.9. The van der Waals surface area contributed by atoms with Crippen molar-refractivity contribution in [1.82, 2.24) is 0 Å². The van der Waals surface area contributed by atoms with E-state index in [1.807, 2.05) is 67.6 Å². The van der Waals surface area contributed by atoms with Gasteiger partial charge in [0, 0.05) is 12.6 Å². The highest BCUT2D eigenvalue weighted by atomic mass is 16.4. The van der Waals surface area contributed by atoms with E-state index in [0.29, 0.717) is 12.8 Å². The van der Waals surface area contributed by atoms with Crippen LogP contribution in [0.15, 0.2) is 65.7 Å². The van der Waals surface area contributed by atoms with Crippen molar-refractivity contribution < 1.29 is 9.90 Å². The van der Waals surface area contributed by atoms with Crippen LogP contribution in [0.2, 0.25) is 0 Å². The molecule has 22 heavy (non-hydrogen) atoms. The fraction of sp³-hybridized carbons (Fsp3) is 0.263. The van der Waals surface area contributed by atoms with E-state index in [2.05, 4.69) is 4.99 Å². The number of carbonyl (C=O) groups is 1. The lowest BCUT2D eigenvalue weighted by Gasteiger charge is -2.25. The van der Waals surface area contributed by atoms with Crippen molar-refractivity contribution in [2.75, 3.05) is 0 Å². The zero-order valence-corrected chi connectivity index (χ0v) is 12.8. The van der Waals surface area contributed by atoms with E-state index >= 15 is 0 Å². The van der Waals surface area contributed by atoms with Gasteiger partial charge < -0.3 is 5.11 Å². The predicted octanol–water partition coefficient (Wildman–Crippen LogP) is 3.97. The van der Waals surface area contributed by atoms with Crippen LogP contribution in [0.5, 0.6) is 0 Å². The van der Waals surface area contributed by atoms with E-state index < -0.39 is 11.5 Å². The summed E-state index contributed by atoms with van der Waals surface area (Å²) in [6.07, 6.45) is 3.36. The van der Waals surface area contributed by atoms with Crippen LogP contribution < -0.4 is 0 Å². The molecule has 114 valence electrons. The Morgan fingerprint density at radius 3 is 2.23 bits per heavy atom. The highest BCUT2D eigenvalue weighted by Gasteiger charge is 2.36. The molecule has 0 spiro atoms. The lowest BCUT2D eigenvalue weighted by Crippen LogP contribution is -2.39. The number of benzene rings is 2. The third-order valence-corrected chi connectivity index (χ3v) is 3.66. The van der Waals surface area contributed by atoms with Gasteiger partial charge in [0.05, 0.1) is 0 Å². The van der Waals surface area contributed by atoms with Gasteiger partial charge in [-0.25, -0.2) is 4.79 Å². The molecule has 0 radical (unpaired) electrons. The number of nitrogens with zero attached hydrogens (tertiary/aromatic N) is 1. The van der Waals surface area contributed by atoms with Crippen LogP contribution in [-0.2, 0) is 11.2 Å². The zero-order chi connectivity index (χ0) is 15.8. The van der Waals surface area contributed by atoms with Crippen LogP contribution in [0.25, 0.3) is 0 Å². The van der Waals surface area contributed by atoms with Crippen molar-refractivity contribution in [2.45, 2.75) is 31.7 Å². The molecule has 0 aliphatic carbocycles. The quantitative estimate of drug-likeness (QED) is 0.786. The third-order valence-electron chi connectivity index (χ3n) is 3.66. The number of rotatable bonds is 7. The molecular weight excluding hydrogens is 274 g/mol. The van der Waals surface area contributed by atoms with E-state index in [0.717, 1.165) is 17.5 Å². The Bertz CT molecular complexity index is 622. The minimum absolute atomic E-state index is 0.403. The number of aliphatic imine (C=N–C) groups is 1. The number of hydrogen-bond acceptors (Lipinski definition) is 2. The van der Waals surface area contributed by atoms with Gasteiger partial charge in [-0.2, -0.15) is 0 Å². The van der Waals surface area contributed by atoms with Gasteiger partial charge in [-0.05, 0) is 17.5 Å². The molecule has 1 atom stereocenters. The van der Waals surface area contributed by atoms with Crippen molar-refractivity contribution in [1.29, 1.82) is 0 Å². The fourth-order valence-electron chi connectivity index (χ4n) is 2.52. The van der Waals surface area contributed by atoms with Gasteiger partial charge in [0.25, 0.3) is 0 Å². The van der Waals surface area contributed by atoms with Crippen molar-refractivity contribution in [2.24, 2.45) is 4.99 Å². The molecule has 0 fully saturated rings. The average molecular weight is 295 g/mol. The van der Waals surface area contributed by atoms with Crippen LogP contribution in [-0.4, -0.2) is 22.8 Å². The molecule has 0 aromatic heterocycles. The summed E-state index contributed by atoms with van der Waals surface area (Å²) < 4.78 is 0. The van der Waals surface area contributed by atoms with Crippen molar-refractivity contribution >= 4 is 12.2 Å². The summed E-state index contributed by atoms with van der Waals surface area (Å²) >= 11 is 0. The molecule has 0 aliphatic heterocycles. The highest BCUT2D eigenvalue weighted by Crippen LogP contribution is 2.24. The molecule has 1 N–H and O–H groups in total. The molecule has 3 nitrogen and oxygen atoms in total. The summed E-state index contributed by atoms with van der Waals surface area (Å²) in [5, 5.41) is 9.78. The first kappa shape index (κ1) is 16.0. The van der Waals surface area contributed by atoms with Crippen LogP contribution >= 0.6 is 0 Å². The predicted molar refractivity (Wildman–Crippen MR) is 89.5 cm³/mol. The Morgan fingerprint density at radius 1 is 1.09 bits per heavy atom. The van der Waals surface area contributed by atoms with Gasteiger partial charge in [-0.3, -0.25) is 4.99 Å². The Balaban J connectivity index is 2.32. The minimum atomic E-state index is -1.11. The molecule has 0 saturated heterocycles. The van der Waals surface area contributed by atoms with Gasteiger partial charge in [0.15, 0.2) is 5.54 Å². The summed E-state index contributed by atoms with van der Waals surface area (Å²) in [7, 11) is 0. The molecule has 0 unspecified atom stereocenters. The molecule has 3 heteroatoms. The maximum Gasteiger partial charge on any atom is 0.331 e. The van der Waals surface area contributed by atoms with Gasteiger partial charge in [-0.1, -0.05) is 74.0 Å². The number of carboxylic acid groups (broad SMARTS) is 1. The van der Waals surface area contributed by atoms with E-state index in [1.54, 1.807) is 6.21 Å². The Labute approximate surface area is 131 Å². The largest absolute Gasteiger partial charge is 0.479 e. The molecule has 0 amide bonds. The first-order chi connectivity index (χ1) is 10.7. The normalized spacial score (nSPS) is 13.9. The highest BCUT2D eigenvalue weighted by molar-refractivity contribution is 5.86. The molecule has 0 bridgehead atoms. The second-order valence-corrected chi connectivity index (χ2v) is 5.42. The van der Waals surface area contributed by atoms with Crippen molar-refractivity contribution in [3.8, 4) is 0 Å². The average Bonchev–Trinajstić information content (AvgIpc) is 2.54. The van der Waals surface area contributed by atoms with Gasteiger partial charge >= 0.3 is 5.97 Å². The Kier molecular flexibility index (Phi) is 5.48. The topological polar surface area (TPSA) is 49.7 Å². The zero-order valence-electron chi connectivity index (χ0n) is 12.8. The van der Waals surface area contributed by atoms with Crippen molar-refractivity contribution in [3.63, 3.8) is 0 Å². The number of carboxylic acids is 1. The summed E-state index contributed by atoms with van der Waals surface area (Å²) in [6, 6.07) is 19.3. The van der Waals surface area contributed by atoms with Crippen LogP contribution in [0.4, 0.5) is 0 Å². The van der Waals surface area contributed by atoms with E-state index in [4.69, 9.17) is 0 Å². The lowest BCUT2D eigenvalue weighted by molar-refractivity contribution is -0.143. The van der Waals surface area contributed by atoms with Gasteiger partial charge in [-0.15, -0.1) is 0 Å². The van der Waals surface area contributed by atoms with Crippen molar-refractivity contribution in [3.05, 3.63) is 71.8 Å². The molecular formula is C19H21NO2. The maximum atomic E-state index is 11.9. The molecule has 2 rings (SSSR count). The number of aliphatic carboxylic acids is 1. The van der Waals surface area contributed by atoms with E-state index in [1.165, 1.54) is 0 Å². The van der Waals surface area contributed by atoms with E-state index in [-0.39, 0.29) is 0 Å². The SMILES string of the molecule is CCC[C@](Cc1ccccc1)(N=Cc1ccccc1)C(=O)O. The van der Waals surface area contributed by atoms with Gasteiger partial charge in [0.1, 0.15) is 0 Å². The lowest BCUT2D eigenvalue weighted by atomic mass is 9.87. The summed E-state index contributed by atoms with van der Waals surface area (Å²) in [6.45, 7) is 1.99. The monoisotopic (exact) mass is 295 g/mol. The molecule has 0 saturated carbocycles. The smallest absolute Gasteiger partial charge is 0.331 e. The van der Waals surface area contributed by atoms with Gasteiger partial charge in [0.2, 0.25) is 0 Å². The second-order valence-electron chi connectivity index (χ2n) is 5.42. The fourth-order valence-corrected chi connectivity index (χ4v) is 2.52. The van der Waals surface area contributed by atoms with Crippen LogP contribution in [0.1, 0.15) is 30.9 Å². The Hall–Kier alpha value is -2.42. The second kappa shape index (κ2) is 7.55. The Morgan fingerprint density at radius 2 is 1.68 bits per heavy atom. The molecule has 0 aliphatic rings. The van der Waals surface area contributed by atoms with Crippen LogP contribution in [0, 0.1) is 0 Å². The summed E-state index contributed by atoms with van der Waals surface area (Å²) in [5.74, 6) is -0.870. The first-order valence-corrected chi connectivity index (χ1v) is 7.54. The standard InChI is InChI=1S/C19H21NO2/c1-2-13-19(18(21)22,14-16-9-5-3-6-10-16)20-15-17-11-7-4-8-12-17/h3-12,15H,2,13-14H2,1H3,(H,21,22)/t19-/m1/s1. The first-order valence-electron chi connectivity index (χ1n) is 7.54. The van der Waals surface area contributed by atoms with Crippen LogP contribution in [0.3, 0.4) is 0 Å². The summed E-state index contributed by atoms with van der Waals surface area (Å²) in [5.41, 5.74) is 0.798. The minimum Gasteiger partial charge on any atom is -0.479 e. The van der Waals surface area contributed by atoms with E-state index in [9.17, 15) is 9.90 Å².